The molecular weight excluding hydrogens is 783 g/mol. The number of hydrogen-bond donors (Lipinski definition) is 0. The van der Waals surface area contributed by atoms with Crippen LogP contribution in [0.2, 0.25) is 0 Å². The maximum atomic E-state index is 11.6. The third kappa shape index (κ3) is 7.52. The van der Waals surface area contributed by atoms with Crippen molar-refractivity contribution in [3.05, 3.63) is 204 Å². The molecule has 0 radical (unpaired) electrons. The SMILES string of the molecule is CC(C)C[n+]1nc2c(-c3ccc(N(c4ccccc4)c4ccccc4)cc3)c3nn(-c4ccc([N+](=O)[O-])cc4)nc3c(-c3ccc(N(c4ccccc4)c4ccccc4)cc3)c2[n-]1. The molecule has 10 aromatic rings. The molecule has 2 aromatic heterocycles. The second-order valence-electron chi connectivity index (χ2n) is 15.7. The van der Waals surface area contributed by atoms with E-state index in [9.17, 15) is 10.1 Å². The van der Waals surface area contributed by atoms with Crippen molar-refractivity contribution >= 4 is 61.9 Å². The van der Waals surface area contributed by atoms with Gasteiger partial charge in [-0.05, 0) is 96.1 Å². The van der Waals surface area contributed by atoms with Gasteiger partial charge in [0.25, 0.3) is 5.69 Å². The maximum Gasteiger partial charge on any atom is 0.269 e. The van der Waals surface area contributed by atoms with Gasteiger partial charge in [-0.3, -0.25) is 10.1 Å². The fourth-order valence-corrected chi connectivity index (χ4v) is 8.09. The average Bonchev–Trinajstić information content (AvgIpc) is 3.95. The molecule has 0 aliphatic rings. The summed E-state index contributed by atoms with van der Waals surface area (Å²) in [6.07, 6.45) is 0. The summed E-state index contributed by atoms with van der Waals surface area (Å²) in [6.45, 7) is 4.92. The zero-order valence-corrected chi connectivity index (χ0v) is 34.6. The molecule has 8 aromatic carbocycles. The Labute approximate surface area is 363 Å². The fraction of sp³-hybridized carbons (Fsp3) is 0.0769. The summed E-state index contributed by atoms with van der Waals surface area (Å²) in [5, 5.41) is 32.3. The lowest BCUT2D eigenvalue weighted by molar-refractivity contribution is -0.808. The molecule has 0 unspecified atom stereocenters. The van der Waals surface area contributed by atoms with Crippen molar-refractivity contribution in [1.29, 1.82) is 0 Å². The van der Waals surface area contributed by atoms with Crippen LogP contribution in [0.25, 0.3) is 50.0 Å². The van der Waals surface area contributed by atoms with Gasteiger partial charge in [0.1, 0.15) is 11.0 Å². The topological polar surface area (TPSA) is 111 Å². The van der Waals surface area contributed by atoms with E-state index in [2.05, 4.69) is 121 Å². The number of nitro groups is 1. The molecule has 0 spiro atoms. The Bertz CT molecular complexity index is 2910. The van der Waals surface area contributed by atoms with Gasteiger partial charge in [-0.2, -0.15) is 19.8 Å². The second-order valence-corrected chi connectivity index (χ2v) is 15.7. The number of hydrogen-bond acceptors (Lipinski definition) is 7. The number of aromatic nitrogens is 6. The van der Waals surface area contributed by atoms with Gasteiger partial charge < -0.3 is 9.80 Å². The summed E-state index contributed by atoms with van der Waals surface area (Å²) >= 11 is 0. The highest BCUT2D eigenvalue weighted by atomic mass is 16.6. The third-order valence-corrected chi connectivity index (χ3v) is 10.9. The van der Waals surface area contributed by atoms with E-state index in [0.29, 0.717) is 40.2 Å². The molecule has 0 N–H and O–H groups in total. The summed E-state index contributed by atoms with van der Waals surface area (Å²) in [5.41, 5.74) is 12.7. The Hall–Kier alpha value is -8.44. The Morgan fingerprint density at radius 3 is 1.35 bits per heavy atom. The smallest absolute Gasteiger partial charge is 0.269 e. The minimum Gasteiger partial charge on any atom is -0.311 e. The molecule has 0 aliphatic heterocycles. The number of anilines is 6. The van der Waals surface area contributed by atoms with Crippen LogP contribution in [-0.2, 0) is 6.54 Å². The predicted molar refractivity (Wildman–Crippen MR) is 249 cm³/mol. The van der Waals surface area contributed by atoms with Crippen molar-refractivity contribution in [2.45, 2.75) is 20.4 Å². The van der Waals surface area contributed by atoms with Crippen molar-refractivity contribution < 1.29 is 9.72 Å². The Balaban J connectivity index is 1.17. The molecule has 0 aliphatic carbocycles. The molecule has 11 heteroatoms. The molecule has 0 amide bonds. The zero-order valence-electron chi connectivity index (χ0n) is 34.6. The summed E-state index contributed by atoms with van der Waals surface area (Å²) in [6, 6.07) is 64.3. The summed E-state index contributed by atoms with van der Waals surface area (Å²) in [5.74, 6) is 0.292. The maximum absolute atomic E-state index is 11.6. The molecule has 0 saturated carbocycles. The Kier molecular flexibility index (Phi) is 10.2. The lowest BCUT2D eigenvalue weighted by Crippen LogP contribution is -2.42. The van der Waals surface area contributed by atoms with Crippen molar-refractivity contribution in [3.8, 4) is 27.9 Å². The fourth-order valence-electron chi connectivity index (χ4n) is 8.09. The largest absolute Gasteiger partial charge is 0.311 e. The summed E-state index contributed by atoms with van der Waals surface area (Å²) < 4.78 is 0. The average molecular weight is 824 g/mol. The van der Waals surface area contributed by atoms with E-state index in [1.165, 1.54) is 12.1 Å². The zero-order chi connectivity index (χ0) is 42.9. The van der Waals surface area contributed by atoms with E-state index in [4.69, 9.17) is 20.4 Å². The van der Waals surface area contributed by atoms with E-state index in [0.717, 1.165) is 56.4 Å². The monoisotopic (exact) mass is 823 g/mol. The highest BCUT2D eigenvalue weighted by molar-refractivity contribution is 6.16. The third-order valence-electron chi connectivity index (χ3n) is 10.9. The van der Waals surface area contributed by atoms with Gasteiger partial charge in [0, 0.05) is 74.3 Å². The molecule has 306 valence electrons. The highest BCUT2D eigenvalue weighted by Crippen LogP contribution is 2.43. The first-order valence-corrected chi connectivity index (χ1v) is 20.8. The molecular formula is C52H41N9O2. The lowest BCUT2D eigenvalue weighted by Gasteiger charge is -2.25. The number of nitrogens with zero attached hydrogens (tertiary/aromatic N) is 9. The van der Waals surface area contributed by atoms with E-state index >= 15 is 0 Å². The highest BCUT2D eigenvalue weighted by Gasteiger charge is 2.25. The normalized spacial score (nSPS) is 11.3. The van der Waals surface area contributed by atoms with Crippen LogP contribution < -0.4 is 19.7 Å². The first kappa shape index (κ1) is 38.7. The van der Waals surface area contributed by atoms with Crippen molar-refractivity contribution in [2.24, 2.45) is 5.92 Å². The molecule has 0 saturated heterocycles. The number of nitro benzene ring substituents is 1. The second kappa shape index (κ2) is 16.5. The lowest BCUT2D eigenvalue weighted by atomic mass is 9.95. The van der Waals surface area contributed by atoms with Gasteiger partial charge in [0.15, 0.2) is 6.54 Å². The van der Waals surface area contributed by atoms with Crippen LogP contribution in [-0.4, -0.2) is 25.0 Å². The number of non-ortho nitro benzene ring substituents is 1. The van der Waals surface area contributed by atoms with Gasteiger partial charge in [-0.15, -0.1) is 10.2 Å². The number of benzene rings is 8. The molecule has 0 fully saturated rings. The van der Waals surface area contributed by atoms with E-state index in [1.54, 1.807) is 21.7 Å². The number of fused-ring (bicyclic) bond motifs is 2. The van der Waals surface area contributed by atoms with Gasteiger partial charge in [-0.1, -0.05) is 111 Å². The summed E-state index contributed by atoms with van der Waals surface area (Å²) in [7, 11) is 0. The molecule has 11 nitrogen and oxygen atoms in total. The summed E-state index contributed by atoms with van der Waals surface area (Å²) in [4.78, 5) is 19.0. The molecule has 2 heterocycles. The van der Waals surface area contributed by atoms with Crippen molar-refractivity contribution in [1.82, 2.24) is 25.2 Å². The van der Waals surface area contributed by atoms with Gasteiger partial charge in [0.2, 0.25) is 0 Å². The number of para-hydroxylation sites is 4. The molecule has 0 bridgehead atoms. The Morgan fingerprint density at radius 2 is 0.937 bits per heavy atom. The van der Waals surface area contributed by atoms with E-state index in [-0.39, 0.29) is 5.69 Å². The van der Waals surface area contributed by atoms with Gasteiger partial charge in [-0.25, -0.2) is 0 Å². The van der Waals surface area contributed by atoms with Crippen LogP contribution in [0.5, 0.6) is 0 Å². The minimum absolute atomic E-state index is 0.0149. The van der Waals surface area contributed by atoms with Crippen LogP contribution in [0.1, 0.15) is 13.8 Å². The van der Waals surface area contributed by atoms with Crippen LogP contribution in [0.3, 0.4) is 0 Å². The Morgan fingerprint density at radius 1 is 0.540 bits per heavy atom. The van der Waals surface area contributed by atoms with E-state index in [1.807, 2.05) is 72.8 Å². The van der Waals surface area contributed by atoms with Crippen LogP contribution in [0, 0.1) is 16.0 Å². The quantitative estimate of drug-likeness (QED) is 0.0680. The van der Waals surface area contributed by atoms with Crippen molar-refractivity contribution in [3.63, 3.8) is 0 Å². The first-order valence-electron chi connectivity index (χ1n) is 20.8. The first-order chi connectivity index (χ1) is 30.9. The van der Waals surface area contributed by atoms with Crippen LogP contribution in [0.4, 0.5) is 39.8 Å². The standard InChI is InChI=1S/C52H41N9O2/c1-36(2)35-57-53-49-47(37-23-27-43(28-24-37)58(39-15-7-3-8-16-39)40-17-9-4-10-18-40)51-52(56-60(55-51)45-31-33-46(34-32-45)61(62)63)48(50(49)54-57)38-25-29-44(30-26-38)59(41-19-11-5-12-20-41)42-21-13-6-14-22-42/h3-34,36H,35H2,1-2H3. The van der Waals surface area contributed by atoms with Gasteiger partial charge >= 0.3 is 0 Å². The molecule has 63 heavy (non-hydrogen) atoms. The van der Waals surface area contributed by atoms with Crippen molar-refractivity contribution in [2.75, 3.05) is 9.80 Å². The molecule has 0 atom stereocenters. The number of rotatable bonds is 12. The van der Waals surface area contributed by atoms with Gasteiger partial charge in [0.05, 0.1) is 10.6 Å². The molecule has 10 rings (SSSR count). The van der Waals surface area contributed by atoms with Crippen LogP contribution >= 0.6 is 0 Å². The predicted octanol–water partition coefficient (Wildman–Crippen LogP) is 12.1. The van der Waals surface area contributed by atoms with E-state index < -0.39 is 4.92 Å². The van der Waals surface area contributed by atoms with Crippen LogP contribution in [0.15, 0.2) is 194 Å². The minimum atomic E-state index is -0.412.